The molecule has 0 radical (unpaired) electrons. The molecule has 2 heterocycles. The highest BCUT2D eigenvalue weighted by molar-refractivity contribution is 5.02. The summed E-state index contributed by atoms with van der Waals surface area (Å²) in [7, 11) is 0. The number of aromatic nitrogens is 2. The van der Waals surface area contributed by atoms with Crippen LogP contribution >= 0.6 is 0 Å². The van der Waals surface area contributed by atoms with Gasteiger partial charge < -0.3 is 10.1 Å². The Kier molecular flexibility index (Phi) is 3.66. The summed E-state index contributed by atoms with van der Waals surface area (Å²) < 4.78 is 7.96. The van der Waals surface area contributed by atoms with Gasteiger partial charge in [0.15, 0.2) is 0 Å². The third kappa shape index (κ3) is 2.59. The van der Waals surface area contributed by atoms with Gasteiger partial charge in [0.05, 0.1) is 11.8 Å². The average Bonchev–Trinajstić information content (AvgIpc) is 2.95. The fraction of sp³-hybridized carbons (Fsp3) is 0.786. The van der Waals surface area contributed by atoms with Gasteiger partial charge in [0.1, 0.15) is 0 Å². The highest BCUT2D eigenvalue weighted by Crippen LogP contribution is 2.38. The molecular formula is C14H23N3O. The molecular weight excluding hydrogens is 226 g/mol. The van der Waals surface area contributed by atoms with Crippen LogP contribution in [0.1, 0.15) is 38.3 Å². The van der Waals surface area contributed by atoms with Crippen LogP contribution < -0.4 is 5.32 Å². The topological polar surface area (TPSA) is 39.1 Å². The summed E-state index contributed by atoms with van der Waals surface area (Å²) in [5, 5.41) is 8.03. The minimum absolute atomic E-state index is 0.465. The average molecular weight is 249 g/mol. The third-order valence-electron chi connectivity index (χ3n) is 4.01. The fourth-order valence-electron chi connectivity index (χ4n) is 2.88. The molecule has 1 saturated heterocycles. The Hall–Kier alpha value is -0.870. The third-order valence-corrected chi connectivity index (χ3v) is 4.01. The van der Waals surface area contributed by atoms with E-state index in [1.165, 1.54) is 18.5 Å². The van der Waals surface area contributed by atoms with Crippen molar-refractivity contribution in [3.8, 4) is 0 Å². The van der Waals surface area contributed by atoms with Gasteiger partial charge in [-0.05, 0) is 37.7 Å². The minimum Gasteiger partial charge on any atom is -0.376 e. The van der Waals surface area contributed by atoms with E-state index in [0.29, 0.717) is 12.1 Å². The first-order valence-corrected chi connectivity index (χ1v) is 7.24. The maximum Gasteiger partial charge on any atom is 0.0757 e. The zero-order chi connectivity index (χ0) is 12.4. The smallest absolute Gasteiger partial charge is 0.0757 e. The van der Waals surface area contributed by atoms with Crippen LogP contribution in [0.15, 0.2) is 12.3 Å². The highest BCUT2D eigenvalue weighted by Gasteiger charge is 2.40. The first-order chi connectivity index (χ1) is 8.88. The molecule has 4 nitrogen and oxygen atoms in total. The van der Waals surface area contributed by atoms with Crippen molar-refractivity contribution < 1.29 is 4.74 Å². The molecule has 0 aromatic carbocycles. The van der Waals surface area contributed by atoms with Crippen molar-refractivity contribution in [1.29, 1.82) is 0 Å². The quantitative estimate of drug-likeness (QED) is 0.837. The summed E-state index contributed by atoms with van der Waals surface area (Å²) in [4.78, 5) is 0. The molecule has 2 aliphatic rings. The lowest BCUT2D eigenvalue weighted by Gasteiger charge is -2.19. The Labute approximate surface area is 109 Å². The number of aryl methyl sites for hydroxylation is 1. The van der Waals surface area contributed by atoms with Crippen LogP contribution in [-0.4, -0.2) is 28.5 Å². The van der Waals surface area contributed by atoms with Crippen LogP contribution in [0.2, 0.25) is 0 Å². The van der Waals surface area contributed by atoms with E-state index < -0.39 is 0 Å². The summed E-state index contributed by atoms with van der Waals surface area (Å²) in [5.41, 5.74) is 1.29. The van der Waals surface area contributed by atoms with Gasteiger partial charge in [-0.15, -0.1) is 0 Å². The predicted octanol–water partition coefficient (Wildman–Crippen LogP) is 1.95. The molecule has 0 spiro atoms. The molecule has 100 valence electrons. The lowest BCUT2D eigenvalue weighted by molar-refractivity contribution is 0.0807. The first-order valence-electron chi connectivity index (χ1n) is 7.24. The molecule has 4 heteroatoms. The van der Waals surface area contributed by atoms with E-state index in [1.807, 2.05) is 6.20 Å². The van der Waals surface area contributed by atoms with Crippen LogP contribution in [0, 0.1) is 5.92 Å². The standard InChI is InChI=1S/C14H23N3O/c1-2-8-17-12(5-7-16-17)10-15-13-6-9-18-14(13)11-3-4-11/h5,7,11,13-15H,2-4,6,8-10H2,1H3. The molecule has 2 unspecified atom stereocenters. The summed E-state index contributed by atoms with van der Waals surface area (Å²) in [6, 6.07) is 2.66. The lowest BCUT2D eigenvalue weighted by Crippen LogP contribution is -2.37. The zero-order valence-electron chi connectivity index (χ0n) is 11.1. The van der Waals surface area contributed by atoms with Crippen molar-refractivity contribution in [2.45, 2.75) is 57.8 Å². The maximum absolute atomic E-state index is 5.85. The Balaban J connectivity index is 1.55. The van der Waals surface area contributed by atoms with Crippen molar-refractivity contribution in [3.05, 3.63) is 18.0 Å². The molecule has 1 N–H and O–H groups in total. The molecule has 1 aromatic heterocycles. The largest absolute Gasteiger partial charge is 0.376 e. The van der Waals surface area contributed by atoms with Crippen molar-refractivity contribution in [1.82, 2.24) is 15.1 Å². The van der Waals surface area contributed by atoms with Gasteiger partial charge in [0.25, 0.3) is 0 Å². The van der Waals surface area contributed by atoms with E-state index in [9.17, 15) is 0 Å². The van der Waals surface area contributed by atoms with Crippen LogP contribution in [-0.2, 0) is 17.8 Å². The number of hydrogen-bond acceptors (Lipinski definition) is 3. The number of nitrogens with zero attached hydrogens (tertiary/aromatic N) is 2. The van der Waals surface area contributed by atoms with Crippen molar-refractivity contribution in [2.75, 3.05) is 6.61 Å². The number of hydrogen-bond donors (Lipinski definition) is 1. The molecule has 0 amide bonds. The number of ether oxygens (including phenoxy) is 1. The molecule has 1 aromatic rings. The van der Waals surface area contributed by atoms with E-state index in [4.69, 9.17) is 4.74 Å². The summed E-state index contributed by atoms with van der Waals surface area (Å²) in [6.07, 6.45) is 7.37. The molecule has 1 aliphatic heterocycles. The van der Waals surface area contributed by atoms with Gasteiger partial charge in [-0.3, -0.25) is 4.68 Å². The van der Waals surface area contributed by atoms with Crippen molar-refractivity contribution in [3.63, 3.8) is 0 Å². The molecule has 1 aliphatic carbocycles. The molecule has 0 bridgehead atoms. The van der Waals surface area contributed by atoms with Crippen LogP contribution in [0.25, 0.3) is 0 Å². The number of rotatable bonds is 6. The lowest BCUT2D eigenvalue weighted by atomic mass is 10.1. The number of nitrogens with one attached hydrogen (secondary N) is 1. The van der Waals surface area contributed by atoms with Gasteiger partial charge in [-0.2, -0.15) is 5.10 Å². The summed E-state index contributed by atoms with van der Waals surface area (Å²) >= 11 is 0. The molecule has 2 atom stereocenters. The summed E-state index contributed by atoms with van der Waals surface area (Å²) in [6.45, 7) is 5.04. The van der Waals surface area contributed by atoms with Gasteiger partial charge in [-0.1, -0.05) is 6.92 Å². The monoisotopic (exact) mass is 249 g/mol. The Bertz CT molecular complexity index is 386. The van der Waals surface area contributed by atoms with Crippen molar-refractivity contribution >= 4 is 0 Å². The Morgan fingerprint density at radius 1 is 1.44 bits per heavy atom. The van der Waals surface area contributed by atoms with Crippen LogP contribution in [0.3, 0.4) is 0 Å². The fourth-order valence-corrected chi connectivity index (χ4v) is 2.88. The van der Waals surface area contributed by atoms with Gasteiger partial charge in [-0.25, -0.2) is 0 Å². The normalized spacial score (nSPS) is 27.8. The van der Waals surface area contributed by atoms with Gasteiger partial charge >= 0.3 is 0 Å². The Morgan fingerprint density at radius 2 is 2.33 bits per heavy atom. The van der Waals surface area contributed by atoms with Gasteiger partial charge in [0.2, 0.25) is 0 Å². The van der Waals surface area contributed by atoms with Gasteiger partial charge in [0, 0.05) is 31.9 Å². The van der Waals surface area contributed by atoms with Crippen LogP contribution in [0.4, 0.5) is 0 Å². The zero-order valence-corrected chi connectivity index (χ0v) is 11.1. The predicted molar refractivity (Wildman–Crippen MR) is 70.2 cm³/mol. The highest BCUT2D eigenvalue weighted by atomic mass is 16.5. The van der Waals surface area contributed by atoms with Crippen molar-refractivity contribution in [2.24, 2.45) is 5.92 Å². The second-order valence-corrected chi connectivity index (χ2v) is 5.49. The van der Waals surface area contributed by atoms with E-state index in [1.54, 1.807) is 0 Å². The van der Waals surface area contributed by atoms with E-state index in [2.05, 4.69) is 28.1 Å². The molecule has 3 rings (SSSR count). The second kappa shape index (κ2) is 5.41. The SMILES string of the molecule is CCCn1nccc1CNC1CCOC1C1CC1. The van der Waals surface area contributed by atoms with E-state index in [-0.39, 0.29) is 0 Å². The summed E-state index contributed by atoms with van der Waals surface area (Å²) in [5.74, 6) is 0.825. The Morgan fingerprint density at radius 3 is 3.11 bits per heavy atom. The van der Waals surface area contributed by atoms with Crippen LogP contribution in [0.5, 0.6) is 0 Å². The van der Waals surface area contributed by atoms with E-state index in [0.717, 1.165) is 38.5 Å². The first kappa shape index (κ1) is 12.2. The molecule has 1 saturated carbocycles. The molecule has 2 fully saturated rings. The van der Waals surface area contributed by atoms with E-state index >= 15 is 0 Å². The second-order valence-electron chi connectivity index (χ2n) is 5.49. The maximum atomic E-state index is 5.85. The minimum atomic E-state index is 0.465. The molecule has 18 heavy (non-hydrogen) atoms.